The summed E-state index contributed by atoms with van der Waals surface area (Å²) in [7, 11) is 1.65. The van der Waals surface area contributed by atoms with E-state index in [-0.39, 0.29) is 6.04 Å². The quantitative estimate of drug-likeness (QED) is 0.854. The van der Waals surface area contributed by atoms with Gasteiger partial charge < -0.3 is 15.0 Å². The first-order chi connectivity index (χ1) is 7.72. The van der Waals surface area contributed by atoms with Gasteiger partial charge in [-0.1, -0.05) is 0 Å². The van der Waals surface area contributed by atoms with Gasteiger partial charge in [-0.25, -0.2) is 4.98 Å². The van der Waals surface area contributed by atoms with Gasteiger partial charge in [-0.2, -0.15) is 0 Å². The van der Waals surface area contributed by atoms with Crippen molar-refractivity contribution in [1.82, 2.24) is 9.55 Å². The molecule has 0 spiro atoms. The van der Waals surface area contributed by atoms with Crippen LogP contribution in [0.2, 0.25) is 0 Å². The third-order valence-electron chi connectivity index (χ3n) is 2.43. The molecule has 1 heterocycles. The first-order valence-electron chi connectivity index (χ1n) is 5.15. The topological polar surface area (TPSA) is 53.1 Å². The second kappa shape index (κ2) is 4.37. The summed E-state index contributed by atoms with van der Waals surface area (Å²) >= 11 is 0. The highest BCUT2D eigenvalue weighted by Gasteiger charge is 2.08. The number of methoxy groups -OCH3 is 1. The smallest absolute Gasteiger partial charge is 0.129 e. The molecule has 0 aliphatic rings. The zero-order chi connectivity index (χ0) is 11.5. The summed E-state index contributed by atoms with van der Waals surface area (Å²) in [6, 6.07) is 7.71. The second-order valence-electron chi connectivity index (χ2n) is 3.64. The summed E-state index contributed by atoms with van der Waals surface area (Å²) in [5.74, 6) is 1.69. The monoisotopic (exact) mass is 217 g/mol. The van der Waals surface area contributed by atoms with E-state index in [0.717, 1.165) is 17.3 Å². The first kappa shape index (κ1) is 10.7. The lowest BCUT2D eigenvalue weighted by Gasteiger charge is -2.10. The van der Waals surface area contributed by atoms with E-state index in [4.69, 9.17) is 10.5 Å². The van der Waals surface area contributed by atoms with Crippen molar-refractivity contribution in [2.24, 2.45) is 5.73 Å². The zero-order valence-corrected chi connectivity index (χ0v) is 9.42. The van der Waals surface area contributed by atoms with Gasteiger partial charge in [0, 0.05) is 18.1 Å². The van der Waals surface area contributed by atoms with Gasteiger partial charge in [0.05, 0.1) is 13.2 Å². The number of nitrogens with zero attached hydrogens (tertiary/aromatic N) is 2. The van der Waals surface area contributed by atoms with Crippen molar-refractivity contribution in [2.75, 3.05) is 7.11 Å². The van der Waals surface area contributed by atoms with Gasteiger partial charge in [0.1, 0.15) is 11.6 Å². The lowest BCUT2D eigenvalue weighted by molar-refractivity contribution is 0.414. The van der Waals surface area contributed by atoms with Crippen LogP contribution < -0.4 is 10.5 Å². The fourth-order valence-corrected chi connectivity index (χ4v) is 1.61. The van der Waals surface area contributed by atoms with Crippen LogP contribution in [0, 0.1) is 0 Å². The molecular formula is C12H15N3O. The van der Waals surface area contributed by atoms with Gasteiger partial charge in [0.2, 0.25) is 0 Å². The third-order valence-corrected chi connectivity index (χ3v) is 2.43. The van der Waals surface area contributed by atoms with E-state index < -0.39 is 0 Å². The fraction of sp³-hybridized carbons (Fsp3) is 0.250. The molecule has 0 fully saturated rings. The molecule has 1 aromatic carbocycles. The van der Waals surface area contributed by atoms with Crippen LogP contribution >= 0.6 is 0 Å². The molecule has 0 aliphatic carbocycles. The van der Waals surface area contributed by atoms with Crippen molar-refractivity contribution in [1.29, 1.82) is 0 Å². The summed E-state index contributed by atoms with van der Waals surface area (Å²) in [6.45, 7) is 1.92. The standard InChI is InChI=1S/C12H15N3O/c1-9(13)12-14-7-8-15(12)10-3-5-11(16-2)6-4-10/h3-9H,13H2,1-2H3. The average molecular weight is 217 g/mol. The van der Waals surface area contributed by atoms with Crippen LogP contribution in [0.15, 0.2) is 36.7 Å². The maximum atomic E-state index is 5.84. The number of hydrogen-bond acceptors (Lipinski definition) is 3. The van der Waals surface area contributed by atoms with E-state index in [0.29, 0.717) is 0 Å². The maximum Gasteiger partial charge on any atom is 0.129 e. The van der Waals surface area contributed by atoms with E-state index in [1.54, 1.807) is 13.3 Å². The Hall–Kier alpha value is -1.81. The molecule has 1 aromatic heterocycles. The number of benzene rings is 1. The minimum Gasteiger partial charge on any atom is -0.497 e. The van der Waals surface area contributed by atoms with Crippen LogP contribution in [-0.2, 0) is 0 Å². The molecule has 16 heavy (non-hydrogen) atoms. The molecule has 1 unspecified atom stereocenters. The highest BCUT2D eigenvalue weighted by Crippen LogP contribution is 2.18. The molecule has 1 atom stereocenters. The summed E-state index contributed by atoms with van der Waals surface area (Å²) in [5, 5.41) is 0. The summed E-state index contributed by atoms with van der Waals surface area (Å²) in [5.41, 5.74) is 6.88. The molecule has 0 saturated carbocycles. The van der Waals surface area contributed by atoms with Crippen LogP contribution in [0.4, 0.5) is 0 Å². The number of nitrogens with two attached hydrogens (primary N) is 1. The molecule has 0 amide bonds. The lowest BCUT2D eigenvalue weighted by Crippen LogP contribution is -2.12. The molecular weight excluding hydrogens is 202 g/mol. The Bertz CT molecular complexity index is 459. The van der Waals surface area contributed by atoms with Crippen molar-refractivity contribution in [3.8, 4) is 11.4 Å². The normalized spacial score (nSPS) is 12.4. The summed E-state index contributed by atoms with van der Waals surface area (Å²) < 4.78 is 7.09. The Morgan fingerprint density at radius 2 is 2.00 bits per heavy atom. The van der Waals surface area contributed by atoms with Gasteiger partial charge in [0.25, 0.3) is 0 Å². The molecule has 2 N–H and O–H groups in total. The highest BCUT2D eigenvalue weighted by atomic mass is 16.5. The molecule has 0 bridgehead atoms. The Balaban J connectivity index is 2.38. The van der Waals surface area contributed by atoms with E-state index in [9.17, 15) is 0 Å². The summed E-state index contributed by atoms with van der Waals surface area (Å²) in [6.07, 6.45) is 3.66. The van der Waals surface area contributed by atoms with Crippen molar-refractivity contribution in [2.45, 2.75) is 13.0 Å². The highest BCUT2D eigenvalue weighted by molar-refractivity contribution is 5.38. The largest absolute Gasteiger partial charge is 0.497 e. The molecule has 2 aromatic rings. The third kappa shape index (κ3) is 1.92. The van der Waals surface area contributed by atoms with Crippen LogP contribution in [0.25, 0.3) is 5.69 Å². The van der Waals surface area contributed by atoms with Crippen LogP contribution in [0.1, 0.15) is 18.8 Å². The number of hydrogen-bond donors (Lipinski definition) is 1. The Labute approximate surface area is 94.7 Å². The van der Waals surface area contributed by atoms with Gasteiger partial charge in [-0.15, -0.1) is 0 Å². The van der Waals surface area contributed by atoms with E-state index in [2.05, 4.69) is 4.98 Å². The number of aromatic nitrogens is 2. The molecule has 4 heteroatoms. The van der Waals surface area contributed by atoms with Crippen molar-refractivity contribution < 1.29 is 4.74 Å². The maximum absolute atomic E-state index is 5.84. The Kier molecular flexibility index (Phi) is 2.92. The van der Waals surface area contributed by atoms with Crippen LogP contribution in [0.3, 0.4) is 0 Å². The van der Waals surface area contributed by atoms with Gasteiger partial charge in [-0.05, 0) is 31.2 Å². The molecule has 0 aliphatic heterocycles. The summed E-state index contributed by atoms with van der Waals surface area (Å²) in [4.78, 5) is 4.24. The fourth-order valence-electron chi connectivity index (χ4n) is 1.61. The van der Waals surface area contributed by atoms with Crippen molar-refractivity contribution in [3.05, 3.63) is 42.5 Å². The van der Waals surface area contributed by atoms with Crippen molar-refractivity contribution in [3.63, 3.8) is 0 Å². The van der Waals surface area contributed by atoms with Gasteiger partial charge >= 0.3 is 0 Å². The number of rotatable bonds is 3. The first-order valence-corrected chi connectivity index (χ1v) is 5.15. The molecule has 4 nitrogen and oxygen atoms in total. The predicted octanol–water partition coefficient (Wildman–Crippen LogP) is 1.90. The zero-order valence-electron chi connectivity index (χ0n) is 9.42. The van der Waals surface area contributed by atoms with Crippen LogP contribution in [0.5, 0.6) is 5.75 Å². The molecule has 84 valence electrons. The van der Waals surface area contributed by atoms with E-state index in [1.807, 2.05) is 42.0 Å². The SMILES string of the molecule is COc1ccc(-n2ccnc2C(C)N)cc1. The molecule has 0 radical (unpaired) electrons. The number of ether oxygens (including phenoxy) is 1. The minimum absolute atomic E-state index is 0.0860. The van der Waals surface area contributed by atoms with Gasteiger partial charge in [-0.3, -0.25) is 0 Å². The lowest BCUT2D eigenvalue weighted by atomic mass is 10.2. The van der Waals surface area contributed by atoms with E-state index >= 15 is 0 Å². The van der Waals surface area contributed by atoms with E-state index in [1.165, 1.54) is 0 Å². The van der Waals surface area contributed by atoms with Crippen LogP contribution in [-0.4, -0.2) is 16.7 Å². The Morgan fingerprint density at radius 3 is 2.56 bits per heavy atom. The average Bonchev–Trinajstić information content (AvgIpc) is 2.78. The predicted molar refractivity (Wildman–Crippen MR) is 62.7 cm³/mol. The minimum atomic E-state index is -0.0860. The number of imidazole rings is 1. The molecule has 0 saturated heterocycles. The Morgan fingerprint density at radius 1 is 1.31 bits per heavy atom. The van der Waals surface area contributed by atoms with Gasteiger partial charge in [0.15, 0.2) is 0 Å². The molecule has 2 rings (SSSR count). The second-order valence-corrected chi connectivity index (χ2v) is 3.64. The van der Waals surface area contributed by atoms with Crippen molar-refractivity contribution >= 4 is 0 Å².